The summed E-state index contributed by atoms with van der Waals surface area (Å²) in [7, 11) is 3.76. The van der Waals surface area contributed by atoms with Gasteiger partial charge in [0.05, 0.1) is 7.11 Å². The van der Waals surface area contributed by atoms with Gasteiger partial charge in [-0.15, -0.1) is 0 Å². The van der Waals surface area contributed by atoms with E-state index in [4.69, 9.17) is 10.5 Å². The van der Waals surface area contributed by atoms with Gasteiger partial charge in [-0.25, -0.2) is 4.98 Å². The molecule has 1 aliphatic rings. The molecule has 1 fully saturated rings. The van der Waals surface area contributed by atoms with Crippen molar-refractivity contribution in [1.82, 2.24) is 19.4 Å². The Morgan fingerprint density at radius 1 is 1.26 bits per heavy atom. The molecule has 1 saturated heterocycles. The predicted molar refractivity (Wildman–Crippen MR) is 74.3 cm³/mol. The van der Waals surface area contributed by atoms with Crippen molar-refractivity contribution in [2.24, 2.45) is 0 Å². The minimum atomic E-state index is 0.376. The minimum absolute atomic E-state index is 0.376. The largest absolute Gasteiger partial charge is 0.481 e. The summed E-state index contributed by atoms with van der Waals surface area (Å²) in [5.74, 6) is 1.15. The van der Waals surface area contributed by atoms with Crippen molar-refractivity contribution in [3.05, 3.63) is 12.1 Å². The number of hydrogen-bond donors (Lipinski definition) is 1. The zero-order valence-corrected chi connectivity index (χ0v) is 11.3. The molecule has 1 aliphatic heterocycles. The van der Waals surface area contributed by atoms with Crippen molar-refractivity contribution >= 4 is 17.1 Å². The fraction of sp³-hybridized carbons (Fsp3) is 0.538. The molecule has 0 aliphatic carbocycles. The van der Waals surface area contributed by atoms with Gasteiger partial charge in [0.1, 0.15) is 5.52 Å². The first-order valence-corrected chi connectivity index (χ1v) is 6.56. The second-order valence-corrected chi connectivity index (χ2v) is 5.07. The Kier molecular flexibility index (Phi) is 3.02. The number of rotatable bonds is 2. The van der Waals surface area contributed by atoms with Gasteiger partial charge in [-0.05, 0) is 39.0 Å². The number of methoxy groups -OCH3 is 1. The molecule has 19 heavy (non-hydrogen) atoms. The average Bonchev–Trinajstić information content (AvgIpc) is 2.75. The van der Waals surface area contributed by atoms with E-state index in [1.807, 2.05) is 12.1 Å². The lowest BCUT2D eigenvalue weighted by molar-refractivity contribution is 0.224. The maximum Gasteiger partial charge on any atom is 0.215 e. The molecule has 0 spiro atoms. The third-order valence-electron chi connectivity index (χ3n) is 3.80. The topological polar surface area (TPSA) is 69.2 Å². The van der Waals surface area contributed by atoms with Crippen LogP contribution >= 0.6 is 0 Å². The highest BCUT2D eigenvalue weighted by molar-refractivity contribution is 5.75. The van der Waals surface area contributed by atoms with Crippen LogP contribution in [0.1, 0.15) is 18.9 Å². The summed E-state index contributed by atoms with van der Waals surface area (Å²) >= 11 is 0. The Morgan fingerprint density at radius 3 is 2.68 bits per heavy atom. The smallest absolute Gasteiger partial charge is 0.215 e. The van der Waals surface area contributed by atoms with E-state index in [0.29, 0.717) is 17.9 Å². The third-order valence-corrected chi connectivity index (χ3v) is 3.80. The molecule has 0 unspecified atom stereocenters. The third kappa shape index (κ3) is 2.12. The van der Waals surface area contributed by atoms with E-state index in [2.05, 4.69) is 26.5 Å². The number of anilines is 1. The molecular formula is C13H19N5O. The second kappa shape index (κ2) is 4.70. The maximum atomic E-state index is 6.07. The van der Waals surface area contributed by atoms with Crippen LogP contribution in [0.15, 0.2) is 12.1 Å². The molecule has 0 saturated carbocycles. The number of hydrogen-bond acceptors (Lipinski definition) is 5. The molecule has 3 rings (SSSR count). The number of nitrogens with zero attached hydrogens (tertiary/aromatic N) is 4. The van der Waals surface area contributed by atoms with Crippen molar-refractivity contribution in [2.75, 3.05) is 33.0 Å². The van der Waals surface area contributed by atoms with Gasteiger partial charge in [-0.1, -0.05) is 0 Å². The van der Waals surface area contributed by atoms with Crippen LogP contribution in [0.5, 0.6) is 5.88 Å². The SMILES string of the molecule is COc1ccc2nc(N)n(C3CCN(C)CC3)c2n1. The Morgan fingerprint density at radius 2 is 2.00 bits per heavy atom. The summed E-state index contributed by atoms with van der Waals surface area (Å²) in [5.41, 5.74) is 7.72. The van der Waals surface area contributed by atoms with E-state index in [0.717, 1.165) is 37.1 Å². The van der Waals surface area contributed by atoms with Crippen LogP contribution in [0.3, 0.4) is 0 Å². The monoisotopic (exact) mass is 261 g/mol. The highest BCUT2D eigenvalue weighted by Gasteiger charge is 2.23. The lowest BCUT2D eigenvalue weighted by Crippen LogP contribution is -2.31. The predicted octanol–water partition coefficient (Wildman–Crippen LogP) is 1.29. The molecule has 2 aromatic rings. The average molecular weight is 261 g/mol. The van der Waals surface area contributed by atoms with Crippen molar-refractivity contribution in [3.63, 3.8) is 0 Å². The summed E-state index contributed by atoms with van der Waals surface area (Å²) in [6.07, 6.45) is 2.15. The van der Waals surface area contributed by atoms with Crippen molar-refractivity contribution < 1.29 is 4.74 Å². The van der Waals surface area contributed by atoms with E-state index in [-0.39, 0.29) is 0 Å². The number of imidazole rings is 1. The standard InChI is InChI=1S/C13H19N5O/c1-17-7-5-9(6-8-17)18-12-10(15-13(18)14)3-4-11(16-12)19-2/h3-4,9H,5-8H2,1-2H3,(H2,14,15). The lowest BCUT2D eigenvalue weighted by atomic mass is 10.1. The lowest BCUT2D eigenvalue weighted by Gasteiger charge is -2.30. The van der Waals surface area contributed by atoms with Gasteiger partial charge >= 0.3 is 0 Å². The quantitative estimate of drug-likeness (QED) is 0.882. The summed E-state index contributed by atoms with van der Waals surface area (Å²) < 4.78 is 7.25. The van der Waals surface area contributed by atoms with Crippen molar-refractivity contribution in [2.45, 2.75) is 18.9 Å². The van der Waals surface area contributed by atoms with Gasteiger partial charge in [0.2, 0.25) is 11.8 Å². The molecule has 0 radical (unpaired) electrons. The number of nitrogens with two attached hydrogens (primary N) is 1. The van der Waals surface area contributed by atoms with Crippen molar-refractivity contribution in [3.8, 4) is 5.88 Å². The number of aromatic nitrogens is 3. The van der Waals surface area contributed by atoms with Crippen LogP contribution in [-0.2, 0) is 0 Å². The zero-order chi connectivity index (χ0) is 13.4. The molecular weight excluding hydrogens is 242 g/mol. The number of nitrogen functional groups attached to an aromatic ring is 1. The van der Waals surface area contributed by atoms with Crippen LogP contribution in [0, 0.1) is 0 Å². The molecule has 6 heteroatoms. The highest BCUT2D eigenvalue weighted by Crippen LogP contribution is 2.29. The van der Waals surface area contributed by atoms with Crippen LogP contribution in [-0.4, -0.2) is 46.7 Å². The number of pyridine rings is 1. The summed E-state index contributed by atoms with van der Waals surface area (Å²) in [4.78, 5) is 11.2. The minimum Gasteiger partial charge on any atom is -0.481 e. The molecule has 0 bridgehead atoms. The van der Waals surface area contributed by atoms with Gasteiger partial charge in [-0.2, -0.15) is 4.98 Å². The zero-order valence-electron chi connectivity index (χ0n) is 11.3. The molecule has 2 N–H and O–H groups in total. The first kappa shape index (κ1) is 12.2. The molecule has 6 nitrogen and oxygen atoms in total. The maximum absolute atomic E-state index is 6.07. The molecule has 102 valence electrons. The first-order valence-electron chi connectivity index (χ1n) is 6.56. The number of ether oxygens (including phenoxy) is 1. The number of piperidine rings is 1. The van der Waals surface area contributed by atoms with Crippen molar-refractivity contribution in [1.29, 1.82) is 0 Å². The second-order valence-electron chi connectivity index (χ2n) is 5.07. The Labute approximate surface area is 112 Å². The highest BCUT2D eigenvalue weighted by atomic mass is 16.5. The Bertz CT molecular complexity index is 586. The van der Waals surface area contributed by atoms with Crippen LogP contribution in [0.2, 0.25) is 0 Å². The van der Waals surface area contributed by atoms with Gasteiger partial charge in [0.15, 0.2) is 5.65 Å². The fourth-order valence-electron chi connectivity index (χ4n) is 2.70. The van der Waals surface area contributed by atoms with Gasteiger partial charge in [0, 0.05) is 12.1 Å². The molecule has 2 aromatic heterocycles. The number of fused-ring (bicyclic) bond motifs is 1. The van der Waals surface area contributed by atoms with E-state index >= 15 is 0 Å². The summed E-state index contributed by atoms with van der Waals surface area (Å²) in [6, 6.07) is 4.09. The molecule has 0 atom stereocenters. The molecule has 3 heterocycles. The fourth-order valence-corrected chi connectivity index (χ4v) is 2.70. The van der Waals surface area contributed by atoms with E-state index in [1.165, 1.54) is 0 Å². The van der Waals surface area contributed by atoms with E-state index in [9.17, 15) is 0 Å². The normalized spacial score (nSPS) is 18.0. The summed E-state index contributed by atoms with van der Waals surface area (Å²) in [6.45, 7) is 2.15. The van der Waals surface area contributed by atoms with Crippen LogP contribution in [0.4, 0.5) is 5.95 Å². The first-order chi connectivity index (χ1) is 9.19. The Hall–Kier alpha value is -1.82. The van der Waals surface area contributed by atoms with Gasteiger partial charge in [0.25, 0.3) is 0 Å². The van der Waals surface area contributed by atoms with Crippen LogP contribution < -0.4 is 10.5 Å². The Balaban J connectivity index is 2.04. The number of likely N-dealkylation sites (tertiary alicyclic amines) is 1. The molecule has 0 aromatic carbocycles. The van der Waals surface area contributed by atoms with E-state index in [1.54, 1.807) is 7.11 Å². The molecule has 0 amide bonds. The van der Waals surface area contributed by atoms with Gasteiger partial charge < -0.3 is 15.4 Å². The summed E-state index contributed by atoms with van der Waals surface area (Å²) in [5, 5.41) is 0. The van der Waals surface area contributed by atoms with Crippen LogP contribution in [0.25, 0.3) is 11.2 Å². The van der Waals surface area contributed by atoms with E-state index < -0.39 is 0 Å². The van der Waals surface area contributed by atoms with Gasteiger partial charge in [-0.3, -0.25) is 4.57 Å².